The summed E-state index contributed by atoms with van der Waals surface area (Å²) in [4.78, 5) is 23.4. The highest BCUT2D eigenvalue weighted by Gasteiger charge is 2.16. The number of fused-ring (bicyclic) bond motifs is 1. The lowest BCUT2D eigenvalue weighted by Crippen LogP contribution is -2.16. The molecule has 3 N–H and O–H groups in total. The van der Waals surface area contributed by atoms with Crippen LogP contribution in [0.25, 0.3) is 11.0 Å². The summed E-state index contributed by atoms with van der Waals surface area (Å²) < 4.78 is 0. The molecule has 6 heteroatoms. The van der Waals surface area contributed by atoms with Crippen LogP contribution in [0.15, 0.2) is 42.9 Å². The Morgan fingerprint density at radius 1 is 1.18 bits per heavy atom. The molecule has 0 bridgehead atoms. The SMILES string of the molecule is CC(C)(O)c1ccc(NC(=O)c2ncnc3[nH]ccc23)cc1. The Bertz CT molecular complexity index is 816. The lowest BCUT2D eigenvalue weighted by atomic mass is 9.98. The van der Waals surface area contributed by atoms with Gasteiger partial charge in [-0.25, -0.2) is 9.97 Å². The lowest BCUT2D eigenvalue weighted by molar-refractivity contribution is 0.0786. The molecule has 0 aliphatic heterocycles. The minimum atomic E-state index is -0.910. The van der Waals surface area contributed by atoms with E-state index >= 15 is 0 Å². The Balaban J connectivity index is 1.84. The third-order valence-corrected chi connectivity index (χ3v) is 3.42. The van der Waals surface area contributed by atoms with Crippen LogP contribution >= 0.6 is 0 Å². The molecule has 1 aromatic carbocycles. The molecule has 0 aliphatic rings. The van der Waals surface area contributed by atoms with Gasteiger partial charge in [0, 0.05) is 11.9 Å². The minimum absolute atomic E-state index is 0.303. The zero-order valence-electron chi connectivity index (χ0n) is 12.3. The molecule has 0 fully saturated rings. The van der Waals surface area contributed by atoms with Gasteiger partial charge < -0.3 is 15.4 Å². The van der Waals surface area contributed by atoms with E-state index in [2.05, 4.69) is 20.3 Å². The molecule has 0 unspecified atom stereocenters. The highest BCUT2D eigenvalue weighted by molar-refractivity contribution is 6.10. The molecule has 0 saturated carbocycles. The predicted octanol–water partition coefficient (Wildman–Crippen LogP) is 2.44. The second-order valence-electron chi connectivity index (χ2n) is 5.55. The molecule has 6 nitrogen and oxygen atoms in total. The number of hydrogen-bond donors (Lipinski definition) is 3. The Morgan fingerprint density at radius 2 is 1.91 bits per heavy atom. The van der Waals surface area contributed by atoms with Crippen molar-refractivity contribution in [3.05, 3.63) is 54.1 Å². The number of benzene rings is 1. The summed E-state index contributed by atoms with van der Waals surface area (Å²) >= 11 is 0. The van der Waals surface area contributed by atoms with Crippen LogP contribution < -0.4 is 5.32 Å². The van der Waals surface area contributed by atoms with Crippen LogP contribution in [0.3, 0.4) is 0 Å². The lowest BCUT2D eigenvalue weighted by Gasteiger charge is -2.18. The van der Waals surface area contributed by atoms with Crippen LogP contribution in [-0.2, 0) is 5.60 Å². The van der Waals surface area contributed by atoms with Gasteiger partial charge in [0.1, 0.15) is 17.7 Å². The Hall–Kier alpha value is -2.73. The van der Waals surface area contributed by atoms with Crippen molar-refractivity contribution in [1.29, 1.82) is 0 Å². The molecule has 0 atom stereocenters. The van der Waals surface area contributed by atoms with Crippen LogP contribution in [0.1, 0.15) is 29.9 Å². The van der Waals surface area contributed by atoms with Gasteiger partial charge in [-0.3, -0.25) is 4.79 Å². The van der Waals surface area contributed by atoms with E-state index in [1.165, 1.54) is 6.33 Å². The zero-order chi connectivity index (χ0) is 15.7. The number of aliphatic hydroxyl groups is 1. The quantitative estimate of drug-likeness (QED) is 0.692. The van der Waals surface area contributed by atoms with Crippen LogP contribution in [-0.4, -0.2) is 26.0 Å². The van der Waals surface area contributed by atoms with Gasteiger partial charge in [0.25, 0.3) is 5.91 Å². The van der Waals surface area contributed by atoms with Gasteiger partial charge in [0.05, 0.1) is 11.0 Å². The van der Waals surface area contributed by atoms with Gasteiger partial charge in [-0.15, -0.1) is 0 Å². The summed E-state index contributed by atoms with van der Waals surface area (Å²) in [6.45, 7) is 3.42. The number of hydrogen-bond acceptors (Lipinski definition) is 4. The number of carbonyl (C=O) groups excluding carboxylic acids is 1. The predicted molar refractivity (Wildman–Crippen MR) is 83.5 cm³/mol. The molecule has 0 spiro atoms. The standard InChI is InChI=1S/C16H16N4O2/c1-16(2,22)10-3-5-11(6-4-10)20-15(21)13-12-7-8-17-14(12)19-9-18-13/h3-9,22H,1-2H3,(H,20,21)(H,17,18,19). The van der Waals surface area contributed by atoms with Crippen LogP contribution in [0.5, 0.6) is 0 Å². The molecule has 2 aromatic heterocycles. The number of nitrogens with one attached hydrogen (secondary N) is 2. The zero-order valence-corrected chi connectivity index (χ0v) is 12.3. The smallest absolute Gasteiger partial charge is 0.275 e. The Morgan fingerprint density at radius 3 is 2.59 bits per heavy atom. The van der Waals surface area contributed by atoms with Crippen molar-refractivity contribution in [3.63, 3.8) is 0 Å². The molecule has 0 radical (unpaired) electrons. The molecular formula is C16H16N4O2. The van der Waals surface area contributed by atoms with Gasteiger partial charge >= 0.3 is 0 Å². The molecule has 2 heterocycles. The van der Waals surface area contributed by atoms with Crippen molar-refractivity contribution < 1.29 is 9.90 Å². The number of aromatic nitrogens is 3. The maximum Gasteiger partial charge on any atom is 0.275 e. The molecule has 3 rings (SSSR count). The third kappa shape index (κ3) is 2.68. The molecule has 112 valence electrons. The number of H-pyrrole nitrogens is 1. The summed E-state index contributed by atoms with van der Waals surface area (Å²) in [6.07, 6.45) is 3.07. The van der Waals surface area contributed by atoms with Gasteiger partial charge in [-0.2, -0.15) is 0 Å². The molecular weight excluding hydrogens is 280 g/mol. The van der Waals surface area contributed by atoms with E-state index in [4.69, 9.17) is 0 Å². The van der Waals surface area contributed by atoms with E-state index < -0.39 is 5.60 Å². The molecule has 0 aliphatic carbocycles. The summed E-state index contributed by atoms with van der Waals surface area (Å²) in [5, 5.41) is 13.4. The minimum Gasteiger partial charge on any atom is -0.386 e. The first-order valence-electron chi connectivity index (χ1n) is 6.87. The van der Waals surface area contributed by atoms with Crippen molar-refractivity contribution in [2.24, 2.45) is 0 Å². The fourth-order valence-corrected chi connectivity index (χ4v) is 2.21. The van der Waals surface area contributed by atoms with E-state index in [1.807, 2.05) is 0 Å². The van der Waals surface area contributed by atoms with Crippen LogP contribution in [0.2, 0.25) is 0 Å². The van der Waals surface area contributed by atoms with Crippen LogP contribution in [0, 0.1) is 0 Å². The van der Waals surface area contributed by atoms with Crippen molar-refractivity contribution in [3.8, 4) is 0 Å². The number of nitrogens with zero attached hydrogens (tertiary/aromatic N) is 2. The normalized spacial score (nSPS) is 11.6. The van der Waals surface area contributed by atoms with E-state index in [-0.39, 0.29) is 5.91 Å². The van der Waals surface area contributed by atoms with Crippen molar-refractivity contribution in [2.75, 3.05) is 5.32 Å². The average molecular weight is 296 g/mol. The topological polar surface area (TPSA) is 90.9 Å². The van der Waals surface area contributed by atoms with E-state index in [0.29, 0.717) is 22.4 Å². The fourth-order valence-electron chi connectivity index (χ4n) is 2.21. The summed E-state index contributed by atoms with van der Waals surface area (Å²) in [5.41, 5.74) is 1.45. The second kappa shape index (κ2) is 5.23. The summed E-state index contributed by atoms with van der Waals surface area (Å²) in [7, 11) is 0. The van der Waals surface area contributed by atoms with E-state index in [9.17, 15) is 9.90 Å². The number of aromatic amines is 1. The molecule has 1 amide bonds. The molecule has 22 heavy (non-hydrogen) atoms. The third-order valence-electron chi connectivity index (χ3n) is 3.42. The Labute approximate surface area is 127 Å². The summed E-state index contributed by atoms with van der Waals surface area (Å²) in [6, 6.07) is 8.83. The highest BCUT2D eigenvalue weighted by atomic mass is 16.3. The van der Waals surface area contributed by atoms with Gasteiger partial charge in [0.2, 0.25) is 0 Å². The number of carbonyl (C=O) groups is 1. The maximum absolute atomic E-state index is 12.3. The maximum atomic E-state index is 12.3. The number of amides is 1. The first-order chi connectivity index (χ1) is 10.4. The van der Waals surface area contributed by atoms with Crippen molar-refractivity contribution >= 4 is 22.6 Å². The van der Waals surface area contributed by atoms with E-state index in [0.717, 1.165) is 5.56 Å². The van der Waals surface area contributed by atoms with E-state index in [1.54, 1.807) is 50.4 Å². The summed E-state index contributed by atoms with van der Waals surface area (Å²) in [5.74, 6) is -0.303. The van der Waals surface area contributed by atoms with Gasteiger partial charge in [0.15, 0.2) is 0 Å². The van der Waals surface area contributed by atoms with Crippen molar-refractivity contribution in [2.45, 2.75) is 19.4 Å². The second-order valence-corrected chi connectivity index (χ2v) is 5.55. The molecule has 0 saturated heterocycles. The van der Waals surface area contributed by atoms with Gasteiger partial charge in [-0.05, 0) is 37.6 Å². The van der Waals surface area contributed by atoms with Gasteiger partial charge in [-0.1, -0.05) is 12.1 Å². The van der Waals surface area contributed by atoms with Crippen LogP contribution in [0.4, 0.5) is 5.69 Å². The fraction of sp³-hybridized carbons (Fsp3) is 0.188. The first-order valence-corrected chi connectivity index (χ1v) is 6.87. The number of rotatable bonds is 3. The number of anilines is 1. The first kappa shape index (κ1) is 14.2. The molecule has 3 aromatic rings. The average Bonchev–Trinajstić information content (AvgIpc) is 2.95. The largest absolute Gasteiger partial charge is 0.386 e. The monoisotopic (exact) mass is 296 g/mol. The highest BCUT2D eigenvalue weighted by Crippen LogP contribution is 2.22. The van der Waals surface area contributed by atoms with Crippen molar-refractivity contribution in [1.82, 2.24) is 15.0 Å². The Kier molecular flexibility index (Phi) is 3.38.